The third kappa shape index (κ3) is 2.38. The molecule has 0 saturated carbocycles. The maximum Gasteiger partial charge on any atom is 0.117 e. The number of nitrogens with two attached hydrogens (primary N) is 1. The molecule has 1 aromatic carbocycles. The molecule has 16 heavy (non-hydrogen) atoms. The van der Waals surface area contributed by atoms with Gasteiger partial charge in [-0.15, -0.1) is 5.10 Å². The fraction of sp³-hybridized carbons (Fsp3) is 0.273. The van der Waals surface area contributed by atoms with Gasteiger partial charge in [0.1, 0.15) is 5.75 Å². The Kier molecular flexibility index (Phi) is 3.16. The van der Waals surface area contributed by atoms with Crippen molar-refractivity contribution in [2.75, 3.05) is 6.54 Å². The van der Waals surface area contributed by atoms with Gasteiger partial charge in [0.25, 0.3) is 0 Å². The fourth-order valence-corrected chi connectivity index (χ4v) is 1.46. The molecular weight excluding hydrogens is 204 g/mol. The second-order valence-corrected chi connectivity index (χ2v) is 3.57. The summed E-state index contributed by atoms with van der Waals surface area (Å²) in [6, 6.07) is 6.89. The van der Waals surface area contributed by atoms with Gasteiger partial charge in [-0.25, -0.2) is 4.68 Å². The monoisotopic (exact) mass is 218 g/mol. The van der Waals surface area contributed by atoms with E-state index in [0.717, 1.165) is 24.2 Å². The molecule has 0 unspecified atom stereocenters. The maximum atomic E-state index is 9.34. The summed E-state index contributed by atoms with van der Waals surface area (Å²) in [5.74, 6) is 0.219. The highest BCUT2D eigenvalue weighted by Crippen LogP contribution is 2.14. The molecule has 0 radical (unpaired) electrons. The summed E-state index contributed by atoms with van der Waals surface area (Å²) in [5, 5.41) is 17.4. The largest absolute Gasteiger partial charge is 0.508 e. The molecule has 2 rings (SSSR count). The Balaban J connectivity index is 2.18. The first-order valence-corrected chi connectivity index (χ1v) is 5.20. The first kappa shape index (κ1) is 10.6. The Labute approximate surface area is 93.5 Å². The molecule has 0 aliphatic carbocycles. The van der Waals surface area contributed by atoms with Crippen molar-refractivity contribution in [1.29, 1.82) is 0 Å². The summed E-state index contributed by atoms with van der Waals surface area (Å²) < 4.78 is 1.64. The van der Waals surface area contributed by atoms with Crippen LogP contribution in [0.15, 0.2) is 30.5 Å². The third-order valence-corrected chi connectivity index (χ3v) is 2.27. The lowest BCUT2D eigenvalue weighted by Gasteiger charge is -1.99. The van der Waals surface area contributed by atoms with E-state index in [0.29, 0.717) is 6.54 Å². The first-order chi connectivity index (χ1) is 7.79. The normalized spacial score (nSPS) is 10.6. The first-order valence-electron chi connectivity index (χ1n) is 5.20. The van der Waals surface area contributed by atoms with E-state index in [1.165, 1.54) is 0 Å². The minimum Gasteiger partial charge on any atom is -0.508 e. The van der Waals surface area contributed by atoms with E-state index >= 15 is 0 Å². The van der Waals surface area contributed by atoms with Crippen LogP contribution in [0.5, 0.6) is 5.75 Å². The molecule has 0 saturated heterocycles. The van der Waals surface area contributed by atoms with Gasteiger partial charge in [-0.05, 0) is 31.5 Å². The predicted octanol–water partition coefficient (Wildman–Crippen LogP) is 0.864. The number of aromatic nitrogens is 3. The highest BCUT2D eigenvalue weighted by Gasteiger charge is 2.02. The number of phenols is 1. The number of aryl methyl sites for hydroxylation is 1. The SMILES string of the molecule is NCCCc1cn(-c2cccc(O)c2)nn1. The number of hydrogen-bond donors (Lipinski definition) is 2. The number of aromatic hydroxyl groups is 1. The zero-order chi connectivity index (χ0) is 11.4. The van der Waals surface area contributed by atoms with Crippen LogP contribution in [0.1, 0.15) is 12.1 Å². The zero-order valence-corrected chi connectivity index (χ0v) is 8.87. The molecular formula is C11H14N4O. The van der Waals surface area contributed by atoms with Crippen LogP contribution in [0.2, 0.25) is 0 Å². The molecule has 0 aliphatic heterocycles. The lowest BCUT2D eigenvalue weighted by atomic mass is 10.2. The van der Waals surface area contributed by atoms with Crippen LogP contribution in [0.4, 0.5) is 0 Å². The van der Waals surface area contributed by atoms with Crippen LogP contribution in [0.3, 0.4) is 0 Å². The van der Waals surface area contributed by atoms with Crippen molar-refractivity contribution < 1.29 is 5.11 Å². The number of benzene rings is 1. The minimum atomic E-state index is 0.219. The summed E-state index contributed by atoms with van der Waals surface area (Å²) in [5.41, 5.74) is 7.13. The molecule has 0 aliphatic rings. The van der Waals surface area contributed by atoms with Gasteiger partial charge in [0.2, 0.25) is 0 Å². The van der Waals surface area contributed by atoms with E-state index in [-0.39, 0.29) is 5.75 Å². The Bertz CT molecular complexity index is 467. The van der Waals surface area contributed by atoms with Crippen molar-refractivity contribution in [2.45, 2.75) is 12.8 Å². The number of rotatable bonds is 4. The van der Waals surface area contributed by atoms with E-state index in [2.05, 4.69) is 10.3 Å². The molecule has 1 aromatic heterocycles. The predicted molar refractivity (Wildman–Crippen MR) is 60.4 cm³/mol. The molecule has 0 spiro atoms. The molecule has 0 amide bonds. The average molecular weight is 218 g/mol. The molecule has 5 heteroatoms. The van der Waals surface area contributed by atoms with Gasteiger partial charge >= 0.3 is 0 Å². The zero-order valence-electron chi connectivity index (χ0n) is 8.87. The molecule has 84 valence electrons. The molecule has 3 N–H and O–H groups in total. The van der Waals surface area contributed by atoms with Crippen molar-refractivity contribution in [3.05, 3.63) is 36.2 Å². The Morgan fingerprint density at radius 3 is 3.00 bits per heavy atom. The summed E-state index contributed by atoms with van der Waals surface area (Å²) in [6.07, 6.45) is 3.58. The van der Waals surface area contributed by atoms with Gasteiger partial charge in [-0.2, -0.15) is 0 Å². The molecule has 1 heterocycles. The van der Waals surface area contributed by atoms with Gasteiger partial charge in [-0.3, -0.25) is 0 Å². The van der Waals surface area contributed by atoms with Gasteiger partial charge < -0.3 is 10.8 Å². The van der Waals surface area contributed by atoms with Crippen LogP contribution >= 0.6 is 0 Å². The van der Waals surface area contributed by atoms with Crippen LogP contribution in [0.25, 0.3) is 5.69 Å². The Morgan fingerprint density at radius 2 is 2.25 bits per heavy atom. The van der Waals surface area contributed by atoms with E-state index in [1.807, 2.05) is 12.3 Å². The van der Waals surface area contributed by atoms with Crippen LogP contribution < -0.4 is 5.73 Å². The fourth-order valence-electron chi connectivity index (χ4n) is 1.46. The Hall–Kier alpha value is -1.88. The van der Waals surface area contributed by atoms with Crippen LogP contribution in [-0.2, 0) is 6.42 Å². The van der Waals surface area contributed by atoms with Gasteiger partial charge in [0.15, 0.2) is 0 Å². The lowest BCUT2D eigenvalue weighted by molar-refractivity contribution is 0.474. The van der Waals surface area contributed by atoms with Crippen molar-refractivity contribution >= 4 is 0 Å². The summed E-state index contributed by atoms with van der Waals surface area (Å²) >= 11 is 0. The van der Waals surface area contributed by atoms with Crippen LogP contribution in [0, 0.1) is 0 Å². The van der Waals surface area contributed by atoms with Gasteiger partial charge in [0.05, 0.1) is 17.6 Å². The summed E-state index contributed by atoms with van der Waals surface area (Å²) in [4.78, 5) is 0. The van der Waals surface area contributed by atoms with Crippen molar-refractivity contribution in [2.24, 2.45) is 5.73 Å². The minimum absolute atomic E-state index is 0.219. The highest BCUT2D eigenvalue weighted by atomic mass is 16.3. The Morgan fingerprint density at radius 1 is 1.38 bits per heavy atom. The van der Waals surface area contributed by atoms with Gasteiger partial charge in [-0.1, -0.05) is 11.3 Å². The second kappa shape index (κ2) is 4.76. The number of hydrogen-bond acceptors (Lipinski definition) is 4. The van der Waals surface area contributed by atoms with E-state index in [4.69, 9.17) is 5.73 Å². The molecule has 5 nitrogen and oxygen atoms in total. The smallest absolute Gasteiger partial charge is 0.117 e. The van der Waals surface area contributed by atoms with Crippen LogP contribution in [-0.4, -0.2) is 26.6 Å². The second-order valence-electron chi connectivity index (χ2n) is 3.57. The maximum absolute atomic E-state index is 9.34. The summed E-state index contributed by atoms with van der Waals surface area (Å²) in [7, 11) is 0. The van der Waals surface area contributed by atoms with Gasteiger partial charge in [0, 0.05) is 6.07 Å². The topological polar surface area (TPSA) is 77.0 Å². The summed E-state index contributed by atoms with van der Waals surface area (Å²) in [6.45, 7) is 0.652. The van der Waals surface area contributed by atoms with Crippen molar-refractivity contribution in [3.8, 4) is 11.4 Å². The van der Waals surface area contributed by atoms with E-state index in [1.54, 1.807) is 22.9 Å². The average Bonchev–Trinajstić information content (AvgIpc) is 2.75. The van der Waals surface area contributed by atoms with Crippen molar-refractivity contribution in [3.63, 3.8) is 0 Å². The van der Waals surface area contributed by atoms with E-state index < -0.39 is 0 Å². The molecule has 0 fully saturated rings. The quantitative estimate of drug-likeness (QED) is 0.798. The highest BCUT2D eigenvalue weighted by molar-refractivity contribution is 5.37. The number of phenolic OH excluding ortho intramolecular Hbond substituents is 1. The molecule has 2 aromatic rings. The van der Waals surface area contributed by atoms with Crippen molar-refractivity contribution in [1.82, 2.24) is 15.0 Å². The third-order valence-electron chi connectivity index (χ3n) is 2.27. The van der Waals surface area contributed by atoms with E-state index in [9.17, 15) is 5.11 Å². The number of nitrogens with zero attached hydrogens (tertiary/aromatic N) is 3. The standard InChI is InChI=1S/C11H14N4O/c12-6-2-3-9-8-15(14-13-9)10-4-1-5-11(16)7-10/h1,4-5,7-8,16H,2-3,6,12H2. The lowest BCUT2D eigenvalue weighted by Crippen LogP contribution is -2.00. The molecule has 0 bridgehead atoms. The molecule has 0 atom stereocenters.